The van der Waals surface area contributed by atoms with Gasteiger partial charge in [-0.1, -0.05) is 36.4 Å². The van der Waals surface area contributed by atoms with Crippen LogP contribution >= 0.6 is 11.6 Å². The van der Waals surface area contributed by atoms with E-state index in [-0.39, 0.29) is 17.8 Å². The largest absolute Gasteiger partial charge is 0.492 e. The number of hydrogen-bond donors (Lipinski definition) is 1. The molecule has 0 saturated carbocycles. The van der Waals surface area contributed by atoms with Crippen molar-refractivity contribution in [3.05, 3.63) is 59.6 Å². The summed E-state index contributed by atoms with van der Waals surface area (Å²) in [6.45, 7) is 11.7. The van der Waals surface area contributed by atoms with Gasteiger partial charge < -0.3 is 24.6 Å². The van der Waals surface area contributed by atoms with Gasteiger partial charge in [-0.05, 0) is 49.6 Å². The van der Waals surface area contributed by atoms with Crippen LogP contribution in [0.5, 0.6) is 5.75 Å². The topological polar surface area (TPSA) is 74.4 Å². The molecular weight excluding hydrogens is 504 g/mol. The first-order chi connectivity index (χ1) is 18.4. The Morgan fingerprint density at radius 3 is 2.42 bits per heavy atom. The van der Waals surface area contributed by atoms with Gasteiger partial charge in [0, 0.05) is 45.0 Å². The Bertz CT molecular complexity index is 1140. The molecule has 1 amide bonds. The maximum absolute atomic E-state index is 12.7. The van der Waals surface area contributed by atoms with Crippen molar-refractivity contribution in [1.82, 2.24) is 9.80 Å². The minimum atomic E-state index is -0.129. The van der Waals surface area contributed by atoms with Crippen LogP contribution < -0.4 is 15.0 Å². The highest BCUT2D eigenvalue weighted by Gasteiger charge is 2.27. The van der Waals surface area contributed by atoms with Crippen molar-refractivity contribution in [3.8, 4) is 5.75 Å². The standard InChI is InChI=1S/C29H37ClN4O4/c1-4-38-27-8-6-5-7-25(27)31-28(35)20-32-15-17-34(18-16-32)26-10-9-23(19-24(26)30)21(2)33-13-11-22(12-14-33)29(36)37-3/h5-10,19,22H,2,4,11-18,20H2,1,3H3,(H,31,35). The fourth-order valence-electron chi connectivity index (χ4n) is 5.07. The molecule has 1 N–H and O–H groups in total. The number of benzene rings is 2. The van der Waals surface area contributed by atoms with Crippen LogP contribution in [-0.4, -0.2) is 81.2 Å². The van der Waals surface area contributed by atoms with E-state index >= 15 is 0 Å². The van der Waals surface area contributed by atoms with Crippen LogP contribution in [0.4, 0.5) is 11.4 Å². The summed E-state index contributed by atoms with van der Waals surface area (Å²) < 4.78 is 10.5. The van der Waals surface area contributed by atoms with E-state index in [1.54, 1.807) is 0 Å². The molecule has 0 radical (unpaired) electrons. The number of carbonyl (C=O) groups is 2. The average molecular weight is 541 g/mol. The van der Waals surface area contributed by atoms with Crippen molar-refractivity contribution in [2.75, 3.05) is 69.7 Å². The molecular formula is C29H37ClN4O4. The Balaban J connectivity index is 1.28. The van der Waals surface area contributed by atoms with E-state index in [1.807, 2.05) is 37.3 Å². The summed E-state index contributed by atoms with van der Waals surface area (Å²) in [6.07, 6.45) is 1.53. The Morgan fingerprint density at radius 2 is 1.76 bits per heavy atom. The number of piperazine rings is 1. The second-order valence-corrected chi connectivity index (χ2v) is 10.0. The molecule has 2 fully saturated rings. The molecule has 0 spiro atoms. The maximum atomic E-state index is 12.7. The van der Waals surface area contributed by atoms with Crippen LogP contribution in [0.25, 0.3) is 5.70 Å². The van der Waals surface area contributed by atoms with Gasteiger partial charge in [-0.25, -0.2) is 0 Å². The lowest BCUT2D eigenvalue weighted by molar-refractivity contribution is -0.146. The molecule has 4 rings (SSSR count). The van der Waals surface area contributed by atoms with E-state index in [2.05, 4.69) is 38.7 Å². The van der Waals surface area contributed by atoms with Gasteiger partial charge >= 0.3 is 5.97 Å². The van der Waals surface area contributed by atoms with Gasteiger partial charge in [0.15, 0.2) is 0 Å². The number of halogens is 1. The molecule has 2 aromatic rings. The highest BCUT2D eigenvalue weighted by Crippen LogP contribution is 2.32. The molecule has 2 aliphatic rings. The third-order valence-electron chi connectivity index (χ3n) is 7.23. The Hall–Kier alpha value is -3.23. The van der Waals surface area contributed by atoms with Gasteiger partial charge in [0.25, 0.3) is 0 Å². The van der Waals surface area contributed by atoms with Gasteiger partial charge in [-0.15, -0.1) is 0 Å². The number of methoxy groups -OCH3 is 1. The third kappa shape index (κ3) is 6.79. The number of anilines is 2. The molecule has 0 aliphatic carbocycles. The molecule has 2 saturated heterocycles. The van der Waals surface area contributed by atoms with Gasteiger partial charge in [0.1, 0.15) is 5.75 Å². The first kappa shape index (κ1) is 27.8. The Kier molecular flexibility index (Phi) is 9.53. The molecule has 2 aliphatic heterocycles. The Morgan fingerprint density at radius 1 is 1.05 bits per heavy atom. The zero-order valence-electron chi connectivity index (χ0n) is 22.2. The lowest BCUT2D eigenvalue weighted by Crippen LogP contribution is -2.48. The van der Waals surface area contributed by atoms with Crippen LogP contribution in [0.15, 0.2) is 49.0 Å². The predicted octanol–water partition coefficient (Wildman–Crippen LogP) is 4.36. The van der Waals surface area contributed by atoms with Gasteiger partial charge in [-0.2, -0.15) is 0 Å². The molecule has 8 nitrogen and oxygen atoms in total. The van der Waals surface area contributed by atoms with Gasteiger partial charge in [0.2, 0.25) is 5.91 Å². The highest BCUT2D eigenvalue weighted by atomic mass is 35.5. The van der Waals surface area contributed by atoms with E-state index in [0.717, 1.165) is 69.1 Å². The summed E-state index contributed by atoms with van der Waals surface area (Å²) >= 11 is 6.73. The van der Waals surface area contributed by atoms with Crippen LogP contribution in [0.1, 0.15) is 25.3 Å². The first-order valence-electron chi connectivity index (χ1n) is 13.2. The molecule has 38 heavy (non-hydrogen) atoms. The molecule has 0 bridgehead atoms. The SMILES string of the molecule is C=C(c1ccc(N2CCN(CC(=O)Nc3ccccc3OCC)CC2)c(Cl)c1)N1CCC(C(=O)OC)CC1. The molecule has 0 atom stereocenters. The third-order valence-corrected chi connectivity index (χ3v) is 7.54. The monoisotopic (exact) mass is 540 g/mol. The minimum absolute atomic E-state index is 0.0364. The number of carbonyl (C=O) groups excluding carboxylic acids is 2. The molecule has 0 aromatic heterocycles. The number of piperidine rings is 1. The smallest absolute Gasteiger partial charge is 0.308 e. The summed E-state index contributed by atoms with van der Waals surface area (Å²) in [6, 6.07) is 13.6. The summed E-state index contributed by atoms with van der Waals surface area (Å²) in [4.78, 5) is 31.1. The molecule has 204 valence electrons. The number of nitrogens with one attached hydrogen (secondary N) is 1. The summed E-state index contributed by atoms with van der Waals surface area (Å²) in [5.41, 5.74) is 3.59. The number of likely N-dealkylation sites (tertiary alicyclic amines) is 1. The van der Waals surface area contributed by atoms with Crippen LogP contribution in [0.3, 0.4) is 0 Å². The number of ether oxygens (including phenoxy) is 2. The van der Waals surface area contributed by atoms with Crippen molar-refractivity contribution in [2.45, 2.75) is 19.8 Å². The fourth-order valence-corrected chi connectivity index (χ4v) is 5.37. The zero-order valence-corrected chi connectivity index (χ0v) is 23.0. The van der Waals surface area contributed by atoms with E-state index in [9.17, 15) is 9.59 Å². The average Bonchev–Trinajstić information content (AvgIpc) is 2.94. The van der Waals surface area contributed by atoms with Crippen molar-refractivity contribution in [1.29, 1.82) is 0 Å². The lowest BCUT2D eigenvalue weighted by atomic mass is 9.96. The summed E-state index contributed by atoms with van der Waals surface area (Å²) in [5.74, 6) is 0.461. The summed E-state index contributed by atoms with van der Waals surface area (Å²) in [5, 5.41) is 3.66. The number of amides is 1. The second-order valence-electron chi connectivity index (χ2n) is 9.64. The fraction of sp³-hybridized carbons (Fsp3) is 0.448. The molecule has 0 unspecified atom stereocenters. The van der Waals surface area contributed by atoms with Crippen molar-refractivity contribution in [3.63, 3.8) is 0 Å². The minimum Gasteiger partial charge on any atom is -0.492 e. The zero-order chi connectivity index (χ0) is 27.1. The lowest BCUT2D eigenvalue weighted by Gasteiger charge is -2.36. The van der Waals surface area contributed by atoms with Gasteiger partial charge in [-0.3, -0.25) is 14.5 Å². The number of esters is 1. The van der Waals surface area contributed by atoms with Crippen molar-refractivity contribution < 1.29 is 19.1 Å². The number of nitrogens with zero attached hydrogens (tertiary/aromatic N) is 3. The van der Waals surface area contributed by atoms with Crippen molar-refractivity contribution >= 4 is 40.5 Å². The summed E-state index contributed by atoms with van der Waals surface area (Å²) in [7, 11) is 1.44. The highest BCUT2D eigenvalue weighted by molar-refractivity contribution is 6.33. The van der Waals surface area contributed by atoms with E-state index in [0.29, 0.717) is 29.6 Å². The predicted molar refractivity (Wildman–Crippen MR) is 152 cm³/mol. The number of hydrogen-bond acceptors (Lipinski definition) is 7. The van der Waals surface area contributed by atoms with Crippen molar-refractivity contribution in [2.24, 2.45) is 5.92 Å². The van der Waals surface area contributed by atoms with E-state index in [4.69, 9.17) is 21.1 Å². The van der Waals surface area contributed by atoms with Gasteiger partial charge in [0.05, 0.1) is 42.6 Å². The maximum Gasteiger partial charge on any atom is 0.308 e. The first-order valence-corrected chi connectivity index (χ1v) is 13.6. The van der Waals surface area contributed by atoms with E-state index < -0.39 is 0 Å². The van der Waals surface area contributed by atoms with Crippen LogP contribution in [-0.2, 0) is 14.3 Å². The van der Waals surface area contributed by atoms with Crippen LogP contribution in [0.2, 0.25) is 5.02 Å². The second kappa shape index (κ2) is 13.0. The Labute approximate surface area is 230 Å². The molecule has 2 aromatic carbocycles. The molecule has 9 heteroatoms. The molecule has 2 heterocycles. The number of para-hydroxylation sites is 2. The van der Waals surface area contributed by atoms with Crippen LogP contribution in [0, 0.1) is 5.92 Å². The number of rotatable bonds is 9. The van der Waals surface area contributed by atoms with E-state index in [1.165, 1.54) is 7.11 Å². The quantitative estimate of drug-likeness (QED) is 0.474. The normalized spacial score (nSPS) is 16.7.